The summed E-state index contributed by atoms with van der Waals surface area (Å²) in [6.07, 6.45) is 2.28. The van der Waals surface area contributed by atoms with E-state index in [1.54, 1.807) is 12.1 Å². The van der Waals surface area contributed by atoms with Crippen LogP contribution in [-0.4, -0.2) is 42.0 Å². The third kappa shape index (κ3) is 3.13. The van der Waals surface area contributed by atoms with Gasteiger partial charge in [-0.05, 0) is 38.6 Å². The first-order chi connectivity index (χ1) is 8.58. The highest BCUT2D eigenvalue weighted by Crippen LogP contribution is 2.17. The Morgan fingerprint density at radius 1 is 1.56 bits per heavy atom. The third-order valence-electron chi connectivity index (χ3n) is 3.20. The van der Waals surface area contributed by atoms with E-state index in [2.05, 4.69) is 22.2 Å². The molecule has 1 aromatic rings. The minimum Gasteiger partial charge on any atom is -0.349 e. The Morgan fingerprint density at radius 3 is 3.00 bits per heavy atom. The number of carbonyl (C=O) groups excluding carboxylic acids is 1. The van der Waals surface area contributed by atoms with Gasteiger partial charge in [0.1, 0.15) is 10.8 Å². The summed E-state index contributed by atoms with van der Waals surface area (Å²) in [5.74, 6) is -0.275. The zero-order chi connectivity index (χ0) is 13.1. The van der Waals surface area contributed by atoms with Gasteiger partial charge in [-0.1, -0.05) is 23.2 Å². The summed E-state index contributed by atoms with van der Waals surface area (Å²) in [7, 11) is 2.06. The predicted octanol–water partition coefficient (Wildman–Crippen LogP) is 2.21. The fraction of sp³-hybridized carbons (Fsp3) is 0.500. The Morgan fingerprint density at radius 2 is 2.33 bits per heavy atom. The second-order valence-corrected chi connectivity index (χ2v) is 5.25. The van der Waals surface area contributed by atoms with Crippen LogP contribution in [0.15, 0.2) is 12.1 Å². The first kappa shape index (κ1) is 13.6. The van der Waals surface area contributed by atoms with Crippen molar-refractivity contribution in [2.24, 2.45) is 0 Å². The Bertz CT molecular complexity index is 453. The highest BCUT2D eigenvalue weighted by Gasteiger charge is 2.22. The lowest BCUT2D eigenvalue weighted by atomic mass is 10.2. The van der Waals surface area contributed by atoms with E-state index >= 15 is 0 Å². The molecule has 0 spiro atoms. The summed E-state index contributed by atoms with van der Waals surface area (Å²) < 4.78 is 0. The first-order valence-corrected chi connectivity index (χ1v) is 6.64. The molecule has 0 radical (unpaired) electrons. The maximum atomic E-state index is 11.9. The fourth-order valence-corrected chi connectivity index (χ4v) is 2.45. The number of hydrogen-bond donors (Lipinski definition) is 1. The average molecular weight is 288 g/mol. The highest BCUT2D eigenvalue weighted by atomic mass is 35.5. The molecule has 1 fully saturated rings. The summed E-state index contributed by atoms with van der Waals surface area (Å²) in [6, 6.07) is 3.53. The van der Waals surface area contributed by atoms with Gasteiger partial charge in [-0.25, -0.2) is 4.98 Å². The van der Waals surface area contributed by atoms with Crippen molar-refractivity contribution < 1.29 is 4.79 Å². The SMILES string of the molecule is CN1CCCC1CNC(=O)c1nc(Cl)ccc1Cl. The van der Waals surface area contributed by atoms with Crippen LogP contribution >= 0.6 is 23.2 Å². The first-order valence-electron chi connectivity index (χ1n) is 5.88. The van der Waals surface area contributed by atoms with Gasteiger partial charge in [0.15, 0.2) is 0 Å². The normalized spacial score (nSPS) is 20.1. The lowest BCUT2D eigenvalue weighted by Gasteiger charge is -2.19. The number of halogens is 2. The Balaban J connectivity index is 1.97. The monoisotopic (exact) mass is 287 g/mol. The molecular weight excluding hydrogens is 273 g/mol. The Kier molecular flexibility index (Phi) is 4.43. The average Bonchev–Trinajstić information content (AvgIpc) is 2.75. The summed E-state index contributed by atoms with van der Waals surface area (Å²) in [5, 5.41) is 3.44. The van der Waals surface area contributed by atoms with Crippen LogP contribution in [0.2, 0.25) is 10.2 Å². The van der Waals surface area contributed by atoms with E-state index < -0.39 is 0 Å². The van der Waals surface area contributed by atoms with Crippen LogP contribution in [0.4, 0.5) is 0 Å². The molecule has 1 aliphatic rings. The summed E-state index contributed by atoms with van der Waals surface area (Å²) in [4.78, 5) is 18.1. The molecule has 4 nitrogen and oxygen atoms in total. The molecule has 1 amide bonds. The molecule has 1 aromatic heterocycles. The maximum Gasteiger partial charge on any atom is 0.271 e. The lowest BCUT2D eigenvalue weighted by Crippen LogP contribution is -2.38. The second kappa shape index (κ2) is 5.87. The molecule has 0 aliphatic carbocycles. The molecule has 0 saturated carbocycles. The van der Waals surface area contributed by atoms with Crippen LogP contribution in [0, 0.1) is 0 Å². The maximum absolute atomic E-state index is 11.9. The summed E-state index contributed by atoms with van der Waals surface area (Å²) in [5.41, 5.74) is 0.185. The summed E-state index contributed by atoms with van der Waals surface area (Å²) in [6.45, 7) is 1.69. The quantitative estimate of drug-likeness (QED) is 0.867. The standard InChI is InChI=1S/C12H15Cl2N3O/c1-17-6-2-3-8(17)7-15-12(18)11-9(13)4-5-10(14)16-11/h4-5,8H,2-3,6-7H2,1H3,(H,15,18). The van der Waals surface area contributed by atoms with Gasteiger partial charge in [0, 0.05) is 12.6 Å². The molecule has 1 atom stereocenters. The number of amides is 1. The van der Waals surface area contributed by atoms with Crippen molar-refractivity contribution in [3.8, 4) is 0 Å². The smallest absolute Gasteiger partial charge is 0.271 e. The molecule has 0 bridgehead atoms. The van der Waals surface area contributed by atoms with Crippen LogP contribution in [0.5, 0.6) is 0 Å². The van der Waals surface area contributed by atoms with Crippen LogP contribution in [0.25, 0.3) is 0 Å². The van der Waals surface area contributed by atoms with E-state index in [0.717, 1.165) is 13.0 Å². The minimum absolute atomic E-state index is 0.185. The van der Waals surface area contributed by atoms with Crippen LogP contribution in [0.1, 0.15) is 23.3 Å². The number of carbonyl (C=O) groups is 1. The second-order valence-electron chi connectivity index (χ2n) is 4.45. The minimum atomic E-state index is -0.275. The van der Waals surface area contributed by atoms with Crippen LogP contribution in [0.3, 0.4) is 0 Å². The Labute approximate surface area is 116 Å². The number of likely N-dealkylation sites (N-methyl/N-ethyl adjacent to an activating group) is 1. The van der Waals surface area contributed by atoms with E-state index in [4.69, 9.17) is 23.2 Å². The molecule has 0 aromatic carbocycles. The van der Waals surface area contributed by atoms with Gasteiger partial charge in [-0.2, -0.15) is 0 Å². The van der Waals surface area contributed by atoms with Crippen molar-refractivity contribution in [3.05, 3.63) is 28.0 Å². The zero-order valence-electron chi connectivity index (χ0n) is 10.1. The van der Waals surface area contributed by atoms with Crippen molar-refractivity contribution in [1.82, 2.24) is 15.2 Å². The molecule has 6 heteroatoms. The van der Waals surface area contributed by atoms with Crippen molar-refractivity contribution in [3.63, 3.8) is 0 Å². The number of likely N-dealkylation sites (tertiary alicyclic amines) is 1. The van der Waals surface area contributed by atoms with Gasteiger partial charge < -0.3 is 10.2 Å². The van der Waals surface area contributed by atoms with Crippen molar-refractivity contribution >= 4 is 29.1 Å². The van der Waals surface area contributed by atoms with E-state index in [1.807, 2.05) is 0 Å². The number of nitrogens with one attached hydrogen (secondary N) is 1. The number of pyridine rings is 1. The van der Waals surface area contributed by atoms with Gasteiger partial charge >= 0.3 is 0 Å². The molecule has 18 heavy (non-hydrogen) atoms. The molecule has 1 saturated heterocycles. The highest BCUT2D eigenvalue weighted by molar-refractivity contribution is 6.34. The van der Waals surface area contributed by atoms with Crippen molar-refractivity contribution in [1.29, 1.82) is 0 Å². The Hall–Kier alpha value is -0.840. The summed E-state index contributed by atoms with van der Waals surface area (Å²) >= 11 is 11.7. The zero-order valence-corrected chi connectivity index (χ0v) is 11.6. The van der Waals surface area contributed by atoms with E-state index in [-0.39, 0.29) is 16.8 Å². The largest absolute Gasteiger partial charge is 0.349 e. The van der Waals surface area contributed by atoms with Crippen LogP contribution in [-0.2, 0) is 0 Å². The molecule has 1 unspecified atom stereocenters. The molecular formula is C12H15Cl2N3O. The van der Waals surface area contributed by atoms with Gasteiger partial charge in [-0.15, -0.1) is 0 Å². The predicted molar refractivity (Wildman–Crippen MR) is 72.2 cm³/mol. The molecule has 1 N–H and O–H groups in total. The number of aromatic nitrogens is 1. The van der Waals surface area contributed by atoms with Crippen molar-refractivity contribution in [2.45, 2.75) is 18.9 Å². The molecule has 1 aliphatic heterocycles. The molecule has 98 valence electrons. The molecule has 2 heterocycles. The van der Waals surface area contributed by atoms with Gasteiger partial charge in [0.25, 0.3) is 5.91 Å². The fourth-order valence-electron chi connectivity index (χ4n) is 2.11. The van der Waals surface area contributed by atoms with E-state index in [1.165, 1.54) is 6.42 Å². The number of hydrogen-bond acceptors (Lipinski definition) is 3. The van der Waals surface area contributed by atoms with Crippen LogP contribution < -0.4 is 5.32 Å². The molecule has 2 rings (SSSR count). The number of rotatable bonds is 3. The van der Waals surface area contributed by atoms with Gasteiger partial charge in [-0.3, -0.25) is 4.79 Å². The van der Waals surface area contributed by atoms with Gasteiger partial charge in [0.2, 0.25) is 0 Å². The van der Waals surface area contributed by atoms with E-state index in [9.17, 15) is 4.79 Å². The van der Waals surface area contributed by atoms with Gasteiger partial charge in [0.05, 0.1) is 5.02 Å². The van der Waals surface area contributed by atoms with E-state index in [0.29, 0.717) is 17.6 Å². The number of nitrogens with zero attached hydrogens (tertiary/aromatic N) is 2. The van der Waals surface area contributed by atoms with Crippen molar-refractivity contribution in [2.75, 3.05) is 20.1 Å². The third-order valence-corrected chi connectivity index (χ3v) is 3.71. The lowest BCUT2D eigenvalue weighted by molar-refractivity contribution is 0.0939. The topological polar surface area (TPSA) is 45.2 Å².